The fourth-order valence-corrected chi connectivity index (χ4v) is 5.55. The van der Waals surface area contributed by atoms with Gasteiger partial charge < -0.3 is 15.0 Å². The van der Waals surface area contributed by atoms with E-state index in [2.05, 4.69) is 5.32 Å². The number of halogens is 1. The van der Waals surface area contributed by atoms with E-state index in [9.17, 15) is 13.2 Å². The van der Waals surface area contributed by atoms with Gasteiger partial charge in [-0.05, 0) is 24.4 Å². The maximum absolute atomic E-state index is 12.8. The van der Waals surface area contributed by atoms with Gasteiger partial charge in [0.15, 0.2) is 0 Å². The highest BCUT2D eigenvalue weighted by Gasteiger charge is 2.32. The number of carbonyl (C=O) groups is 1. The zero-order valence-electron chi connectivity index (χ0n) is 13.3. The van der Waals surface area contributed by atoms with Crippen molar-refractivity contribution in [3.05, 3.63) is 16.3 Å². The van der Waals surface area contributed by atoms with E-state index in [1.54, 1.807) is 16.3 Å². The maximum atomic E-state index is 12.8. The van der Waals surface area contributed by atoms with Crippen LogP contribution >= 0.6 is 23.7 Å². The number of sulfonamides is 1. The number of nitrogens with one attached hydrogen (secondary N) is 1. The van der Waals surface area contributed by atoms with E-state index in [0.29, 0.717) is 44.3 Å². The van der Waals surface area contributed by atoms with Gasteiger partial charge in [0.2, 0.25) is 10.0 Å². The van der Waals surface area contributed by atoms with Gasteiger partial charge in [-0.15, -0.1) is 23.7 Å². The molecule has 0 radical (unpaired) electrons. The van der Waals surface area contributed by atoms with Crippen LogP contribution in [0.1, 0.15) is 16.1 Å². The van der Waals surface area contributed by atoms with Gasteiger partial charge in [0.05, 0.1) is 13.2 Å². The van der Waals surface area contributed by atoms with E-state index in [0.717, 1.165) is 19.5 Å². The summed E-state index contributed by atoms with van der Waals surface area (Å²) in [6.07, 6.45) is 0.878. The maximum Gasteiger partial charge on any atom is 0.265 e. The molecular formula is C14H22ClN3O4S2. The number of ether oxygens (including phenoxy) is 1. The molecule has 0 aliphatic carbocycles. The van der Waals surface area contributed by atoms with Gasteiger partial charge in [-0.25, -0.2) is 8.42 Å². The molecule has 1 N–H and O–H groups in total. The molecule has 0 spiro atoms. The van der Waals surface area contributed by atoms with E-state index >= 15 is 0 Å². The molecule has 2 aliphatic rings. The van der Waals surface area contributed by atoms with Crippen LogP contribution in [0.4, 0.5) is 0 Å². The normalized spacial score (nSPS) is 20.2. The lowest BCUT2D eigenvalue weighted by Gasteiger charge is -2.26. The first-order chi connectivity index (χ1) is 11.1. The second-order valence-corrected chi connectivity index (χ2v) is 8.35. The minimum Gasteiger partial charge on any atom is -0.379 e. The highest BCUT2D eigenvalue weighted by Crippen LogP contribution is 2.27. The molecular weight excluding hydrogens is 374 g/mol. The number of thiophene rings is 1. The van der Waals surface area contributed by atoms with Crippen LogP contribution in [-0.2, 0) is 14.8 Å². The van der Waals surface area contributed by atoms with Gasteiger partial charge in [0, 0.05) is 32.7 Å². The predicted octanol–water partition coefficient (Wildman–Crippen LogP) is 0.626. The fourth-order valence-electron chi connectivity index (χ4n) is 2.78. The highest BCUT2D eigenvalue weighted by atomic mass is 35.5. The van der Waals surface area contributed by atoms with E-state index < -0.39 is 10.0 Å². The largest absolute Gasteiger partial charge is 0.379 e. The standard InChI is InChI=1S/C14H21N3O4S2.ClH/c18-14(16-5-1-3-15-4-6-16)13-12(2-11-22-13)23(19,20)17-7-9-21-10-8-17;/h2,11,15H,1,3-10H2;1H. The Kier molecular flexibility index (Phi) is 7.02. The second-order valence-electron chi connectivity index (χ2n) is 5.53. The molecule has 136 valence electrons. The van der Waals surface area contributed by atoms with E-state index in [1.807, 2.05) is 0 Å². The monoisotopic (exact) mass is 395 g/mol. The van der Waals surface area contributed by atoms with E-state index in [4.69, 9.17) is 4.74 Å². The van der Waals surface area contributed by atoms with E-state index in [1.165, 1.54) is 15.6 Å². The Morgan fingerprint density at radius 1 is 1.17 bits per heavy atom. The Balaban J connectivity index is 0.00000208. The Hall–Kier alpha value is -0.710. The summed E-state index contributed by atoms with van der Waals surface area (Å²) in [7, 11) is -3.64. The summed E-state index contributed by atoms with van der Waals surface area (Å²) in [5.74, 6) is -0.185. The third-order valence-electron chi connectivity index (χ3n) is 4.04. The molecule has 1 aromatic heterocycles. The summed E-state index contributed by atoms with van der Waals surface area (Å²) in [5, 5.41) is 4.92. The van der Waals surface area contributed by atoms with Gasteiger partial charge in [-0.2, -0.15) is 4.31 Å². The summed E-state index contributed by atoms with van der Waals surface area (Å²) >= 11 is 1.20. The molecule has 0 unspecified atom stereocenters. The molecule has 1 aromatic rings. The molecule has 0 aromatic carbocycles. The number of morpholine rings is 1. The first kappa shape index (κ1) is 19.6. The van der Waals surface area contributed by atoms with Crippen LogP contribution in [0.3, 0.4) is 0 Å². The molecule has 10 heteroatoms. The minimum absolute atomic E-state index is 0. The molecule has 2 saturated heterocycles. The predicted molar refractivity (Wildman–Crippen MR) is 94.5 cm³/mol. The van der Waals surface area contributed by atoms with Crippen LogP contribution in [0, 0.1) is 0 Å². The van der Waals surface area contributed by atoms with Crippen LogP contribution in [0.5, 0.6) is 0 Å². The van der Waals surface area contributed by atoms with Crippen LogP contribution in [0.25, 0.3) is 0 Å². The molecule has 0 saturated carbocycles. The first-order valence-electron chi connectivity index (χ1n) is 7.76. The Labute approximate surface area is 152 Å². The molecule has 24 heavy (non-hydrogen) atoms. The molecule has 3 heterocycles. The zero-order chi connectivity index (χ0) is 16.3. The molecule has 2 fully saturated rings. The van der Waals surface area contributed by atoms with Crippen molar-refractivity contribution in [1.29, 1.82) is 0 Å². The SMILES string of the molecule is Cl.O=C(c1sccc1S(=O)(=O)N1CCOCC1)N1CCCNCC1. The van der Waals surface area contributed by atoms with Crippen molar-refractivity contribution < 1.29 is 17.9 Å². The summed E-state index contributed by atoms with van der Waals surface area (Å²) in [6.45, 7) is 4.33. The van der Waals surface area contributed by atoms with Crippen molar-refractivity contribution in [2.45, 2.75) is 11.3 Å². The third-order valence-corrected chi connectivity index (χ3v) is 7.01. The molecule has 2 aliphatic heterocycles. The average Bonchev–Trinajstić information content (AvgIpc) is 2.91. The molecule has 0 bridgehead atoms. The lowest BCUT2D eigenvalue weighted by atomic mass is 10.3. The number of hydrogen-bond donors (Lipinski definition) is 1. The number of amides is 1. The van der Waals surface area contributed by atoms with Crippen molar-refractivity contribution in [3.63, 3.8) is 0 Å². The number of hydrogen-bond acceptors (Lipinski definition) is 6. The Bertz CT molecular complexity index is 651. The summed E-state index contributed by atoms with van der Waals surface area (Å²) < 4.78 is 32.3. The van der Waals surface area contributed by atoms with Crippen molar-refractivity contribution in [2.24, 2.45) is 0 Å². The lowest BCUT2D eigenvalue weighted by molar-refractivity contribution is 0.0727. The number of carbonyl (C=O) groups excluding carboxylic acids is 1. The molecule has 0 atom stereocenters. The van der Waals surface area contributed by atoms with Gasteiger partial charge in [0.1, 0.15) is 9.77 Å². The summed E-state index contributed by atoms with van der Waals surface area (Å²) in [4.78, 5) is 15.0. The minimum atomic E-state index is -3.64. The Morgan fingerprint density at radius 3 is 2.67 bits per heavy atom. The highest BCUT2D eigenvalue weighted by molar-refractivity contribution is 7.89. The lowest BCUT2D eigenvalue weighted by Crippen LogP contribution is -2.41. The fraction of sp³-hybridized carbons (Fsp3) is 0.643. The van der Waals surface area contributed by atoms with Gasteiger partial charge >= 0.3 is 0 Å². The van der Waals surface area contributed by atoms with Gasteiger partial charge in [-0.3, -0.25) is 4.79 Å². The smallest absolute Gasteiger partial charge is 0.265 e. The first-order valence-corrected chi connectivity index (χ1v) is 10.1. The van der Waals surface area contributed by atoms with Gasteiger partial charge in [0.25, 0.3) is 5.91 Å². The van der Waals surface area contributed by atoms with Crippen molar-refractivity contribution in [1.82, 2.24) is 14.5 Å². The number of rotatable bonds is 3. The van der Waals surface area contributed by atoms with Gasteiger partial charge in [-0.1, -0.05) is 0 Å². The molecule has 1 amide bonds. The molecule has 3 rings (SSSR count). The van der Waals surface area contributed by atoms with E-state index in [-0.39, 0.29) is 23.2 Å². The second kappa shape index (κ2) is 8.59. The zero-order valence-corrected chi connectivity index (χ0v) is 15.7. The summed E-state index contributed by atoms with van der Waals surface area (Å²) in [6, 6.07) is 1.54. The Morgan fingerprint density at radius 2 is 1.92 bits per heavy atom. The third kappa shape index (κ3) is 4.09. The van der Waals surface area contributed by atoms with Crippen LogP contribution in [0.15, 0.2) is 16.3 Å². The number of nitrogens with zero attached hydrogens (tertiary/aromatic N) is 2. The topological polar surface area (TPSA) is 79.0 Å². The summed E-state index contributed by atoms with van der Waals surface area (Å²) in [5.41, 5.74) is 0. The van der Waals surface area contributed by atoms with Crippen molar-refractivity contribution in [2.75, 3.05) is 52.5 Å². The average molecular weight is 396 g/mol. The van der Waals surface area contributed by atoms with Crippen molar-refractivity contribution in [3.8, 4) is 0 Å². The quantitative estimate of drug-likeness (QED) is 0.811. The molecule has 7 nitrogen and oxygen atoms in total. The van der Waals surface area contributed by atoms with Crippen LogP contribution in [-0.4, -0.2) is 76.0 Å². The van der Waals surface area contributed by atoms with Crippen molar-refractivity contribution >= 4 is 39.7 Å². The van der Waals surface area contributed by atoms with Crippen LogP contribution in [0.2, 0.25) is 0 Å². The van der Waals surface area contributed by atoms with Crippen LogP contribution < -0.4 is 5.32 Å².